The van der Waals surface area contributed by atoms with Gasteiger partial charge in [-0.05, 0) is 18.9 Å². The summed E-state index contributed by atoms with van der Waals surface area (Å²) in [7, 11) is 0. The number of anilines is 1. The molecule has 1 unspecified atom stereocenters. The number of aromatic nitrogens is 1. The highest BCUT2D eigenvalue weighted by atomic mass is 16.4. The molecule has 0 saturated heterocycles. The van der Waals surface area contributed by atoms with Gasteiger partial charge in [-0.15, -0.1) is 0 Å². The number of nitrogen functional groups attached to an aromatic ring is 1. The molecule has 1 aliphatic rings. The largest absolute Gasteiger partial charge is 0.478 e. The van der Waals surface area contributed by atoms with E-state index in [1.165, 1.54) is 0 Å². The van der Waals surface area contributed by atoms with E-state index in [2.05, 4.69) is 4.98 Å². The molecule has 5 N–H and O–H groups in total. The van der Waals surface area contributed by atoms with E-state index >= 15 is 0 Å². The Hall–Kier alpha value is -2.93. The maximum absolute atomic E-state index is 9.80. The summed E-state index contributed by atoms with van der Waals surface area (Å²) in [6, 6.07) is 7.79. The van der Waals surface area contributed by atoms with Gasteiger partial charge >= 0.3 is 11.9 Å². The van der Waals surface area contributed by atoms with E-state index in [0.29, 0.717) is 17.8 Å². The number of nitrogens with zero attached hydrogens (tertiary/aromatic N) is 1. The van der Waals surface area contributed by atoms with Crippen LogP contribution in [0.25, 0.3) is 10.9 Å². The average molecular weight is 316 g/mol. The number of carboxylic acid groups (broad SMARTS) is 2. The first kappa shape index (κ1) is 16.4. The van der Waals surface area contributed by atoms with Crippen molar-refractivity contribution in [1.82, 2.24) is 4.98 Å². The van der Waals surface area contributed by atoms with E-state index in [4.69, 9.17) is 15.9 Å². The van der Waals surface area contributed by atoms with Gasteiger partial charge in [0.05, 0.1) is 11.6 Å². The number of hydrogen-bond acceptors (Lipinski definition) is 5. The van der Waals surface area contributed by atoms with E-state index in [0.717, 1.165) is 35.0 Å². The summed E-state index contributed by atoms with van der Waals surface area (Å²) in [5.41, 5.74) is 9.47. The van der Waals surface area contributed by atoms with Gasteiger partial charge < -0.3 is 21.1 Å². The van der Waals surface area contributed by atoms with Crippen LogP contribution in [-0.4, -0.2) is 32.2 Å². The van der Waals surface area contributed by atoms with Gasteiger partial charge in [0.15, 0.2) is 0 Å². The minimum atomic E-state index is -1.26. The molecule has 1 aromatic heterocycles. The van der Waals surface area contributed by atoms with Gasteiger partial charge in [0, 0.05) is 34.5 Å². The van der Waals surface area contributed by atoms with E-state index in [-0.39, 0.29) is 0 Å². The number of rotatable bonds is 2. The lowest BCUT2D eigenvalue weighted by molar-refractivity contribution is -0.134. The third-order valence-corrected chi connectivity index (χ3v) is 3.41. The van der Waals surface area contributed by atoms with Crippen LogP contribution in [0.4, 0.5) is 5.69 Å². The number of aliphatic carboxylic acids is 2. The van der Waals surface area contributed by atoms with E-state index in [1.807, 2.05) is 24.3 Å². The summed E-state index contributed by atoms with van der Waals surface area (Å²) in [6.07, 6.45) is 2.25. The minimum Gasteiger partial charge on any atom is -0.478 e. The molecule has 7 heteroatoms. The molecule has 0 bridgehead atoms. The standard InChI is InChI=1S/C12H12N2O.C4H4O4/c13-12-7-3-1-2-4-8(7)14-9-5-6-10(15)11(9)12;5-3(6)1-2-4(7)8/h1-4,10,15H,5-6H2,(H2,13,14);1-2H,(H,5,6)(H,7,8)/b;2-1-. The second kappa shape index (κ2) is 6.89. The van der Waals surface area contributed by atoms with Crippen LogP contribution in [0.1, 0.15) is 23.8 Å². The fourth-order valence-corrected chi connectivity index (χ4v) is 2.43. The molecule has 0 radical (unpaired) electrons. The molecular formula is C16H16N2O5. The van der Waals surface area contributed by atoms with Crippen LogP contribution in [0.5, 0.6) is 0 Å². The molecule has 1 aromatic carbocycles. The number of aliphatic hydroxyl groups excluding tert-OH is 1. The molecule has 0 aliphatic heterocycles. The SMILES string of the molecule is Nc1c2c(nc3ccccc13)CCC2O.O=C(O)/C=C\C(=O)O. The van der Waals surface area contributed by atoms with Crippen LogP contribution in [0.15, 0.2) is 36.4 Å². The lowest BCUT2D eigenvalue weighted by Crippen LogP contribution is -2.01. The molecule has 23 heavy (non-hydrogen) atoms. The second-order valence-corrected chi connectivity index (χ2v) is 4.97. The highest BCUT2D eigenvalue weighted by Crippen LogP contribution is 2.37. The molecule has 3 rings (SSSR count). The summed E-state index contributed by atoms with van der Waals surface area (Å²) in [4.78, 5) is 23.6. The first-order valence-corrected chi connectivity index (χ1v) is 6.89. The van der Waals surface area contributed by atoms with Crippen LogP contribution in [0, 0.1) is 0 Å². The topological polar surface area (TPSA) is 134 Å². The molecular weight excluding hydrogens is 300 g/mol. The Morgan fingerprint density at radius 1 is 1.17 bits per heavy atom. The van der Waals surface area contributed by atoms with Crippen molar-refractivity contribution in [3.05, 3.63) is 47.7 Å². The summed E-state index contributed by atoms with van der Waals surface area (Å²) in [5, 5.41) is 26.4. The van der Waals surface area contributed by atoms with Crippen molar-refractivity contribution in [3.8, 4) is 0 Å². The maximum atomic E-state index is 9.80. The predicted molar refractivity (Wildman–Crippen MR) is 83.8 cm³/mol. The summed E-state index contributed by atoms with van der Waals surface area (Å²) in [6.45, 7) is 0. The number of para-hydroxylation sites is 1. The van der Waals surface area contributed by atoms with Crippen molar-refractivity contribution < 1.29 is 24.9 Å². The van der Waals surface area contributed by atoms with E-state index < -0.39 is 18.0 Å². The van der Waals surface area contributed by atoms with Crippen LogP contribution >= 0.6 is 0 Å². The molecule has 1 atom stereocenters. The Balaban J connectivity index is 0.000000207. The number of benzene rings is 1. The Morgan fingerprint density at radius 3 is 2.39 bits per heavy atom. The van der Waals surface area contributed by atoms with Crippen LogP contribution < -0.4 is 5.73 Å². The van der Waals surface area contributed by atoms with Gasteiger partial charge in [0.1, 0.15) is 0 Å². The maximum Gasteiger partial charge on any atom is 0.328 e. The molecule has 7 nitrogen and oxygen atoms in total. The van der Waals surface area contributed by atoms with Crippen molar-refractivity contribution in [2.45, 2.75) is 18.9 Å². The quantitative estimate of drug-likeness (QED) is 0.617. The van der Waals surface area contributed by atoms with Crippen molar-refractivity contribution >= 4 is 28.5 Å². The zero-order chi connectivity index (χ0) is 17.0. The number of carbonyl (C=O) groups is 2. The summed E-state index contributed by atoms with van der Waals surface area (Å²) in [5.74, 6) is -2.51. The van der Waals surface area contributed by atoms with E-state index in [9.17, 15) is 14.7 Å². The van der Waals surface area contributed by atoms with Crippen LogP contribution in [0.2, 0.25) is 0 Å². The van der Waals surface area contributed by atoms with Gasteiger partial charge in [-0.1, -0.05) is 18.2 Å². The average Bonchev–Trinajstić information content (AvgIpc) is 2.87. The molecule has 1 aliphatic carbocycles. The lowest BCUT2D eigenvalue weighted by Gasteiger charge is -2.10. The van der Waals surface area contributed by atoms with Crippen molar-refractivity contribution in [2.24, 2.45) is 0 Å². The Morgan fingerprint density at radius 2 is 1.78 bits per heavy atom. The fraction of sp³-hybridized carbons (Fsp3) is 0.188. The fourth-order valence-electron chi connectivity index (χ4n) is 2.43. The Kier molecular flexibility index (Phi) is 4.92. The number of aryl methyl sites for hydroxylation is 1. The first-order chi connectivity index (χ1) is 10.9. The van der Waals surface area contributed by atoms with Crippen LogP contribution in [0.3, 0.4) is 0 Å². The summed E-state index contributed by atoms with van der Waals surface area (Å²) >= 11 is 0. The zero-order valence-corrected chi connectivity index (χ0v) is 12.1. The predicted octanol–water partition coefficient (Wildman–Crippen LogP) is 1.51. The number of nitrogens with two attached hydrogens (primary N) is 1. The van der Waals surface area contributed by atoms with Crippen LogP contribution in [-0.2, 0) is 16.0 Å². The van der Waals surface area contributed by atoms with Gasteiger partial charge in [0.25, 0.3) is 0 Å². The third-order valence-electron chi connectivity index (χ3n) is 3.41. The molecule has 0 spiro atoms. The Labute approximate surface area is 131 Å². The molecule has 2 aromatic rings. The van der Waals surface area contributed by atoms with Crippen molar-refractivity contribution in [3.63, 3.8) is 0 Å². The smallest absolute Gasteiger partial charge is 0.328 e. The molecule has 120 valence electrons. The lowest BCUT2D eigenvalue weighted by atomic mass is 10.1. The van der Waals surface area contributed by atoms with Gasteiger partial charge in [-0.2, -0.15) is 0 Å². The van der Waals surface area contributed by atoms with E-state index in [1.54, 1.807) is 0 Å². The monoisotopic (exact) mass is 316 g/mol. The highest BCUT2D eigenvalue weighted by Gasteiger charge is 2.25. The van der Waals surface area contributed by atoms with Crippen molar-refractivity contribution in [1.29, 1.82) is 0 Å². The Bertz CT molecular complexity index is 769. The summed E-state index contributed by atoms with van der Waals surface area (Å²) < 4.78 is 0. The van der Waals surface area contributed by atoms with Gasteiger partial charge in [-0.25, -0.2) is 9.59 Å². The minimum absolute atomic E-state index is 0.433. The number of carboxylic acids is 2. The molecule has 1 heterocycles. The molecule has 0 saturated carbocycles. The molecule has 0 amide bonds. The number of fused-ring (bicyclic) bond motifs is 2. The second-order valence-electron chi connectivity index (χ2n) is 4.97. The normalized spacial score (nSPS) is 16.0. The molecule has 0 fully saturated rings. The highest BCUT2D eigenvalue weighted by molar-refractivity contribution is 5.92. The number of hydrogen-bond donors (Lipinski definition) is 4. The van der Waals surface area contributed by atoms with Gasteiger partial charge in [0.2, 0.25) is 0 Å². The van der Waals surface area contributed by atoms with Crippen molar-refractivity contribution in [2.75, 3.05) is 5.73 Å². The first-order valence-electron chi connectivity index (χ1n) is 6.89. The zero-order valence-electron chi connectivity index (χ0n) is 12.1. The third kappa shape index (κ3) is 3.83. The number of aliphatic hydroxyl groups is 1. The van der Waals surface area contributed by atoms with Gasteiger partial charge in [-0.3, -0.25) is 4.98 Å². The number of pyridine rings is 1.